The van der Waals surface area contributed by atoms with Gasteiger partial charge in [0.2, 0.25) is 11.8 Å². The Hall–Kier alpha value is -7.17. The molecule has 1 unspecified atom stereocenters. The van der Waals surface area contributed by atoms with Crippen molar-refractivity contribution in [3.8, 4) is 16.9 Å². The number of carbonyl (C=O) groups excluding carboxylic acids is 4. The molecule has 4 aromatic carbocycles. The Morgan fingerprint density at radius 1 is 0.811 bits per heavy atom. The molecule has 3 amide bonds. The average molecular weight is 1020 g/mol. The Morgan fingerprint density at radius 3 is 2.41 bits per heavy atom. The number of piperidine rings is 1. The number of ether oxygens (including phenoxy) is 2. The van der Waals surface area contributed by atoms with Crippen molar-refractivity contribution in [3.63, 3.8) is 0 Å². The van der Waals surface area contributed by atoms with E-state index >= 15 is 0 Å². The SMILES string of the molecule is Cc1c(OCCCCCCCN2CCN(c3cccc4c(C5CCC(=O)NC5=O)nn(C)c34)CC2)cccc1-c1ccc(N2CCc3cccc(C(=O)Nc4nc5ccccc5s4)c3C2)nc1C(=O)OC(C)(C)C. The molecule has 0 radical (unpaired) electrons. The van der Waals surface area contributed by atoms with Crippen molar-refractivity contribution in [1.82, 2.24) is 30.0 Å². The van der Waals surface area contributed by atoms with Crippen LogP contribution in [0.1, 0.15) is 115 Å². The van der Waals surface area contributed by atoms with Gasteiger partial charge in [0.15, 0.2) is 10.8 Å². The number of piperazine rings is 1. The van der Waals surface area contributed by atoms with Gasteiger partial charge in [0.05, 0.1) is 39.6 Å². The largest absolute Gasteiger partial charge is 0.493 e. The second-order valence-electron chi connectivity index (χ2n) is 20.7. The maximum Gasteiger partial charge on any atom is 0.358 e. The number of hydrogen-bond acceptors (Lipinski definition) is 13. The zero-order chi connectivity index (χ0) is 51.5. The maximum absolute atomic E-state index is 14.0. The van der Waals surface area contributed by atoms with E-state index in [9.17, 15) is 19.2 Å². The van der Waals surface area contributed by atoms with Crippen LogP contribution in [0.25, 0.3) is 32.2 Å². The molecule has 2 saturated heterocycles. The molecule has 7 aromatic rings. The highest BCUT2D eigenvalue weighted by Crippen LogP contribution is 2.37. The molecule has 2 N–H and O–H groups in total. The number of nitrogens with one attached hydrogen (secondary N) is 2. The topological polar surface area (TPSA) is 164 Å². The third kappa shape index (κ3) is 11.0. The van der Waals surface area contributed by atoms with Crippen molar-refractivity contribution in [2.24, 2.45) is 7.05 Å². The Labute approximate surface area is 436 Å². The lowest BCUT2D eigenvalue weighted by Crippen LogP contribution is -2.46. The number of esters is 1. The van der Waals surface area contributed by atoms with Crippen molar-refractivity contribution in [2.45, 2.75) is 97.1 Å². The molecule has 3 aliphatic rings. The van der Waals surface area contributed by atoms with Crippen molar-refractivity contribution in [3.05, 3.63) is 125 Å². The van der Waals surface area contributed by atoms with Crippen molar-refractivity contribution in [2.75, 3.05) is 61.0 Å². The zero-order valence-electron chi connectivity index (χ0n) is 43.0. The molecule has 384 valence electrons. The number of benzene rings is 4. The monoisotopic (exact) mass is 1020 g/mol. The Kier molecular flexibility index (Phi) is 14.8. The van der Waals surface area contributed by atoms with Gasteiger partial charge in [-0.2, -0.15) is 5.10 Å². The molecule has 0 spiro atoms. The lowest BCUT2D eigenvalue weighted by molar-refractivity contribution is -0.134. The van der Waals surface area contributed by atoms with Gasteiger partial charge >= 0.3 is 5.97 Å². The quantitative estimate of drug-likeness (QED) is 0.0536. The Morgan fingerprint density at radius 2 is 1.59 bits per heavy atom. The molecule has 3 aliphatic heterocycles. The molecule has 15 nitrogen and oxygen atoms in total. The number of anilines is 3. The summed E-state index contributed by atoms with van der Waals surface area (Å²) < 4.78 is 15.3. The van der Waals surface area contributed by atoms with E-state index in [4.69, 9.17) is 19.6 Å². The third-order valence-electron chi connectivity index (χ3n) is 14.4. The molecule has 74 heavy (non-hydrogen) atoms. The number of imide groups is 1. The van der Waals surface area contributed by atoms with Crippen LogP contribution < -0.4 is 25.2 Å². The van der Waals surface area contributed by atoms with E-state index < -0.39 is 17.5 Å². The lowest BCUT2D eigenvalue weighted by Gasteiger charge is -2.36. The van der Waals surface area contributed by atoms with E-state index in [0.29, 0.717) is 61.0 Å². The van der Waals surface area contributed by atoms with Gasteiger partial charge in [0, 0.05) is 69.3 Å². The first-order valence-electron chi connectivity index (χ1n) is 26.0. The number of amides is 3. The third-order valence-corrected chi connectivity index (χ3v) is 15.4. The normalized spacial score (nSPS) is 16.4. The summed E-state index contributed by atoms with van der Waals surface area (Å²) in [5.41, 5.74) is 8.35. The van der Waals surface area contributed by atoms with Crippen LogP contribution in [0.15, 0.2) is 91.0 Å². The molecule has 6 heterocycles. The summed E-state index contributed by atoms with van der Waals surface area (Å²) in [6, 6.07) is 29.8. The van der Waals surface area contributed by atoms with Crippen LogP contribution in [0.4, 0.5) is 16.6 Å². The predicted molar refractivity (Wildman–Crippen MR) is 291 cm³/mol. The zero-order valence-corrected chi connectivity index (χ0v) is 43.9. The molecule has 0 bridgehead atoms. The number of hydrogen-bond donors (Lipinski definition) is 2. The Balaban J connectivity index is 0.720. The number of unbranched alkanes of at least 4 members (excludes halogenated alkanes) is 4. The fraction of sp³-hybridized carbons (Fsp3) is 0.397. The van der Waals surface area contributed by atoms with Gasteiger partial charge in [-0.05, 0) is 125 Å². The Bertz CT molecular complexity index is 3210. The van der Waals surface area contributed by atoms with E-state index in [1.807, 2.05) is 112 Å². The van der Waals surface area contributed by atoms with Crippen LogP contribution in [-0.2, 0) is 34.3 Å². The summed E-state index contributed by atoms with van der Waals surface area (Å²) in [5, 5.41) is 11.9. The van der Waals surface area contributed by atoms with Gasteiger partial charge in [0.1, 0.15) is 17.2 Å². The summed E-state index contributed by atoms with van der Waals surface area (Å²) >= 11 is 1.45. The van der Waals surface area contributed by atoms with Crippen LogP contribution in [0.3, 0.4) is 0 Å². The number of thiazole rings is 1. The fourth-order valence-corrected chi connectivity index (χ4v) is 11.5. The van der Waals surface area contributed by atoms with Crippen molar-refractivity contribution in [1.29, 1.82) is 0 Å². The van der Waals surface area contributed by atoms with Crippen LogP contribution >= 0.6 is 11.3 Å². The highest BCUT2D eigenvalue weighted by atomic mass is 32.1. The minimum atomic E-state index is -0.732. The van der Waals surface area contributed by atoms with Crippen LogP contribution in [0.2, 0.25) is 0 Å². The van der Waals surface area contributed by atoms with Gasteiger partial charge in [-0.25, -0.2) is 14.8 Å². The number of aromatic nitrogens is 4. The summed E-state index contributed by atoms with van der Waals surface area (Å²) in [5.74, 6) is -0.196. The second kappa shape index (κ2) is 21.7. The molecule has 0 aliphatic carbocycles. The minimum absolute atomic E-state index is 0.209. The standard InChI is InChI=1S/C58H65N9O6S/c1-37-39(40-24-26-49(60-52(40)56(71)73-58(2,3)4)67-30-28-38-16-13-18-41(44(38)36-67)54(69)62-57-59-45-20-9-10-23-48(45)74-57)17-15-22-47(37)72-35-12-8-6-7-11-29-65-31-33-66(34-32-65)46-21-14-19-42-51(63-64(5)53(42)46)43-25-27-50(68)61-55(43)70/h9-10,13-24,26,43H,6-8,11-12,25,27-36H2,1-5H3,(H,59,62,69)(H,61,68,70). The van der Waals surface area contributed by atoms with Gasteiger partial charge in [-0.3, -0.25) is 34.6 Å². The summed E-state index contributed by atoms with van der Waals surface area (Å²) in [6.07, 6.45) is 6.99. The van der Waals surface area contributed by atoms with Crippen LogP contribution in [-0.4, -0.2) is 99.8 Å². The van der Waals surface area contributed by atoms with Gasteiger partial charge in [0.25, 0.3) is 5.91 Å². The fourth-order valence-electron chi connectivity index (χ4n) is 10.6. The number of pyridine rings is 1. The van der Waals surface area contributed by atoms with Crippen molar-refractivity contribution >= 4 is 72.8 Å². The summed E-state index contributed by atoms with van der Waals surface area (Å²) in [4.78, 5) is 69.1. The molecule has 16 heteroatoms. The average Bonchev–Trinajstić information content (AvgIpc) is 3.96. The summed E-state index contributed by atoms with van der Waals surface area (Å²) in [7, 11) is 1.94. The van der Waals surface area contributed by atoms with Gasteiger partial charge in [-0.15, -0.1) is 0 Å². The number of para-hydroxylation sites is 2. The van der Waals surface area contributed by atoms with E-state index in [1.54, 1.807) is 0 Å². The minimum Gasteiger partial charge on any atom is -0.493 e. The van der Waals surface area contributed by atoms with Crippen LogP contribution in [0, 0.1) is 6.92 Å². The van der Waals surface area contributed by atoms with Gasteiger partial charge in [-0.1, -0.05) is 79.1 Å². The maximum atomic E-state index is 14.0. The first kappa shape index (κ1) is 50.4. The molecule has 1 atom stereocenters. The van der Waals surface area contributed by atoms with E-state index in [0.717, 1.165) is 125 Å². The first-order chi connectivity index (χ1) is 35.8. The van der Waals surface area contributed by atoms with Crippen molar-refractivity contribution < 1.29 is 28.7 Å². The molecule has 0 saturated carbocycles. The second-order valence-corrected chi connectivity index (χ2v) is 21.7. The lowest BCUT2D eigenvalue weighted by atomic mass is 9.92. The molecular weight excluding hydrogens is 951 g/mol. The smallest absolute Gasteiger partial charge is 0.358 e. The van der Waals surface area contributed by atoms with E-state index in [1.165, 1.54) is 11.3 Å². The highest BCUT2D eigenvalue weighted by Gasteiger charge is 2.33. The van der Waals surface area contributed by atoms with Crippen LogP contribution in [0.5, 0.6) is 5.75 Å². The van der Waals surface area contributed by atoms with Gasteiger partial charge < -0.3 is 19.3 Å². The summed E-state index contributed by atoms with van der Waals surface area (Å²) in [6.45, 7) is 14.2. The number of fused-ring (bicyclic) bond motifs is 3. The number of carbonyl (C=O) groups is 4. The first-order valence-corrected chi connectivity index (χ1v) is 26.9. The molecule has 10 rings (SSSR count). The number of nitrogens with zero attached hydrogens (tertiary/aromatic N) is 7. The molecule has 3 aromatic heterocycles. The molecule has 2 fully saturated rings. The number of rotatable bonds is 16. The van der Waals surface area contributed by atoms with E-state index in [2.05, 4.69) is 48.5 Å². The number of aryl methyl sites for hydroxylation is 1. The van der Waals surface area contributed by atoms with E-state index in [-0.39, 0.29) is 23.4 Å². The highest BCUT2D eigenvalue weighted by molar-refractivity contribution is 7.22. The predicted octanol–water partition coefficient (Wildman–Crippen LogP) is 10.00. The molecular formula is C58H65N9O6S.